The van der Waals surface area contributed by atoms with Crippen molar-refractivity contribution in [3.63, 3.8) is 0 Å². The highest BCUT2D eigenvalue weighted by Gasteiger charge is 2.34. The minimum atomic E-state index is -2.43. The van der Waals surface area contributed by atoms with E-state index in [2.05, 4.69) is 0 Å². The number of rotatable bonds is 2. The van der Waals surface area contributed by atoms with Crippen molar-refractivity contribution in [2.45, 2.75) is 18.8 Å². The van der Waals surface area contributed by atoms with Crippen molar-refractivity contribution in [1.82, 2.24) is 0 Å². The number of anilines is 1. The van der Waals surface area contributed by atoms with E-state index in [1.165, 1.54) is 0 Å². The van der Waals surface area contributed by atoms with E-state index >= 15 is 0 Å². The lowest BCUT2D eigenvalue weighted by Gasteiger charge is -2.30. The summed E-state index contributed by atoms with van der Waals surface area (Å²) in [5.41, 5.74) is 5.63. The molecule has 5 heteroatoms. The molecule has 1 fully saturated rings. The van der Waals surface area contributed by atoms with Crippen LogP contribution >= 0.6 is 7.14 Å². The van der Waals surface area contributed by atoms with Crippen LogP contribution in [0.15, 0.2) is 42.5 Å². The second kappa shape index (κ2) is 5.85. The molecule has 1 saturated heterocycles. The Labute approximate surface area is 128 Å². The fourth-order valence-electron chi connectivity index (χ4n) is 3.23. The van der Waals surface area contributed by atoms with Gasteiger partial charge in [-0.3, -0.25) is 0 Å². The molecule has 0 bridgehead atoms. The summed E-state index contributed by atoms with van der Waals surface area (Å²) in [6.45, 7) is 0. The molecule has 1 aliphatic rings. The van der Waals surface area contributed by atoms with E-state index in [-0.39, 0.29) is 17.2 Å². The zero-order valence-electron chi connectivity index (χ0n) is 12.1. The lowest BCUT2D eigenvalue weighted by atomic mass is 9.92. The largest absolute Gasteiger partial charge is 0.399 e. The standard InChI is InChI=1S/C17H18F2NOP/c18-15-10-13(20)11-16(19)17(15)12-6-8-22(21,9-7-12)14-4-2-1-3-5-14/h1-5,10-12H,6-9,20H2. The van der Waals surface area contributed by atoms with Crippen LogP contribution in [-0.4, -0.2) is 12.3 Å². The Hall–Kier alpha value is -1.67. The first-order valence-corrected chi connectivity index (χ1v) is 9.45. The molecule has 0 amide bonds. The molecule has 1 heterocycles. The molecule has 116 valence electrons. The van der Waals surface area contributed by atoms with Crippen molar-refractivity contribution in [3.8, 4) is 0 Å². The Kier molecular flexibility index (Phi) is 4.05. The van der Waals surface area contributed by atoms with E-state index < -0.39 is 18.8 Å². The van der Waals surface area contributed by atoms with Crippen LogP contribution < -0.4 is 11.0 Å². The lowest BCUT2D eigenvalue weighted by Crippen LogP contribution is -2.20. The Morgan fingerprint density at radius 1 is 1.00 bits per heavy atom. The SMILES string of the molecule is Nc1cc(F)c(C2CCP(=O)(c3ccccc3)CC2)c(F)c1. The van der Waals surface area contributed by atoms with Gasteiger partial charge >= 0.3 is 0 Å². The topological polar surface area (TPSA) is 43.1 Å². The van der Waals surface area contributed by atoms with E-state index in [1.54, 1.807) is 0 Å². The van der Waals surface area contributed by atoms with Crippen LogP contribution in [0.25, 0.3) is 0 Å². The molecule has 0 spiro atoms. The highest BCUT2D eigenvalue weighted by Crippen LogP contribution is 2.53. The summed E-state index contributed by atoms with van der Waals surface area (Å²) in [5, 5.41) is 0.867. The van der Waals surface area contributed by atoms with Gasteiger partial charge in [-0.1, -0.05) is 30.3 Å². The van der Waals surface area contributed by atoms with Crippen molar-refractivity contribution in [2.75, 3.05) is 18.1 Å². The molecule has 2 N–H and O–H groups in total. The van der Waals surface area contributed by atoms with Crippen molar-refractivity contribution >= 4 is 18.1 Å². The fourth-order valence-corrected chi connectivity index (χ4v) is 6.14. The van der Waals surface area contributed by atoms with Crippen LogP contribution in [0.3, 0.4) is 0 Å². The van der Waals surface area contributed by atoms with Gasteiger partial charge in [-0.05, 0) is 30.9 Å². The Morgan fingerprint density at radius 2 is 1.55 bits per heavy atom. The second-order valence-electron chi connectivity index (χ2n) is 5.84. The summed E-state index contributed by atoms with van der Waals surface area (Å²) in [4.78, 5) is 0. The van der Waals surface area contributed by atoms with Gasteiger partial charge in [0.2, 0.25) is 0 Å². The number of nitrogen functional groups attached to an aromatic ring is 1. The van der Waals surface area contributed by atoms with Gasteiger partial charge in [0.15, 0.2) is 0 Å². The van der Waals surface area contributed by atoms with Crippen LogP contribution in [0, 0.1) is 11.6 Å². The maximum Gasteiger partial charge on any atom is 0.131 e. The van der Waals surface area contributed by atoms with Gasteiger partial charge in [0, 0.05) is 28.9 Å². The maximum absolute atomic E-state index is 14.0. The molecule has 2 aromatic rings. The smallest absolute Gasteiger partial charge is 0.131 e. The van der Waals surface area contributed by atoms with E-state index in [1.807, 2.05) is 30.3 Å². The van der Waals surface area contributed by atoms with Gasteiger partial charge in [0.05, 0.1) is 0 Å². The van der Waals surface area contributed by atoms with E-state index in [4.69, 9.17) is 5.73 Å². The molecular weight excluding hydrogens is 303 g/mol. The summed E-state index contributed by atoms with van der Waals surface area (Å²) >= 11 is 0. The summed E-state index contributed by atoms with van der Waals surface area (Å²) in [5.74, 6) is -1.43. The number of benzene rings is 2. The van der Waals surface area contributed by atoms with Crippen molar-refractivity contribution in [2.24, 2.45) is 0 Å². The van der Waals surface area contributed by atoms with Gasteiger partial charge in [-0.15, -0.1) is 0 Å². The normalized spacial score (nSPS) is 25.1. The van der Waals surface area contributed by atoms with Gasteiger partial charge in [0.25, 0.3) is 0 Å². The maximum atomic E-state index is 14.0. The number of hydrogen-bond acceptors (Lipinski definition) is 2. The van der Waals surface area contributed by atoms with Crippen LogP contribution in [-0.2, 0) is 4.57 Å². The van der Waals surface area contributed by atoms with Crippen molar-refractivity contribution < 1.29 is 13.3 Å². The molecular formula is C17H18F2NOP. The van der Waals surface area contributed by atoms with Crippen LogP contribution in [0.5, 0.6) is 0 Å². The molecule has 0 aromatic heterocycles. The number of nitrogens with two attached hydrogens (primary N) is 1. The molecule has 1 aliphatic heterocycles. The minimum Gasteiger partial charge on any atom is -0.399 e. The predicted molar refractivity (Wildman–Crippen MR) is 86.2 cm³/mol. The molecule has 2 nitrogen and oxygen atoms in total. The average Bonchev–Trinajstić information content (AvgIpc) is 2.49. The van der Waals surface area contributed by atoms with Gasteiger partial charge in [-0.25, -0.2) is 8.78 Å². The van der Waals surface area contributed by atoms with Crippen molar-refractivity contribution in [1.29, 1.82) is 0 Å². The summed E-state index contributed by atoms with van der Waals surface area (Å²) < 4.78 is 41.1. The molecule has 0 atom stereocenters. The number of hydrogen-bond donors (Lipinski definition) is 1. The van der Waals surface area contributed by atoms with Gasteiger partial charge in [-0.2, -0.15) is 0 Å². The first kappa shape index (κ1) is 15.2. The third kappa shape index (κ3) is 2.80. The van der Waals surface area contributed by atoms with Crippen LogP contribution in [0.4, 0.5) is 14.5 Å². The first-order valence-electron chi connectivity index (χ1n) is 7.38. The van der Waals surface area contributed by atoms with Crippen LogP contribution in [0.1, 0.15) is 24.3 Å². The monoisotopic (exact) mass is 321 g/mol. The summed E-state index contributed by atoms with van der Waals surface area (Å²) in [6.07, 6.45) is 2.05. The summed E-state index contributed by atoms with van der Waals surface area (Å²) in [7, 11) is -2.43. The molecule has 0 aliphatic carbocycles. The second-order valence-corrected chi connectivity index (χ2v) is 9.03. The van der Waals surface area contributed by atoms with E-state index in [0.717, 1.165) is 17.4 Å². The Balaban J connectivity index is 1.82. The highest BCUT2D eigenvalue weighted by molar-refractivity contribution is 7.71. The summed E-state index contributed by atoms with van der Waals surface area (Å²) in [6, 6.07) is 11.7. The van der Waals surface area contributed by atoms with Crippen LogP contribution in [0.2, 0.25) is 0 Å². The molecule has 2 aromatic carbocycles. The van der Waals surface area contributed by atoms with Crippen molar-refractivity contribution in [3.05, 3.63) is 59.7 Å². The van der Waals surface area contributed by atoms with E-state index in [9.17, 15) is 13.3 Å². The molecule has 3 rings (SSSR count). The zero-order chi connectivity index (χ0) is 15.7. The quantitative estimate of drug-likeness (QED) is 0.668. The Morgan fingerprint density at radius 3 is 2.09 bits per heavy atom. The zero-order valence-corrected chi connectivity index (χ0v) is 13.0. The first-order chi connectivity index (χ1) is 10.5. The third-order valence-corrected chi connectivity index (χ3v) is 7.61. The molecule has 0 saturated carbocycles. The minimum absolute atomic E-state index is 0.0875. The predicted octanol–water partition coefficient (Wildman–Crippen LogP) is 4.11. The molecule has 22 heavy (non-hydrogen) atoms. The lowest BCUT2D eigenvalue weighted by molar-refractivity contribution is 0.494. The Bertz CT molecular complexity index is 698. The number of halogens is 2. The third-order valence-electron chi connectivity index (χ3n) is 4.41. The molecule has 0 unspecified atom stereocenters. The van der Waals surface area contributed by atoms with E-state index in [0.29, 0.717) is 25.2 Å². The highest BCUT2D eigenvalue weighted by atomic mass is 31.2. The fraction of sp³-hybridized carbons (Fsp3) is 0.294. The molecule has 0 radical (unpaired) electrons. The van der Waals surface area contributed by atoms with Gasteiger partial charge < -0.3 is 10.3 Å². The average molecular weight is 321 g/mol. The van der Waals surface area contributed by atoms with Gasteiger partial charge in [0.1, 0.15) is 18.8 Å².